The third-order valence-corrected chi connectivity index (χ3v) is 3.79. The van der Waals surface area contributed by atoms with E-state index in [1.165, 1.54) is 11.0 Å². The van der Waals surface area contributed by atoms with E-state index in [2.05, 4.69) is 0 Å². The SMILES string of the molecule is CN(C)C(=O)[C@@H](OC(=O)COc1ccc(Cl)cc1Cl)c1ccccc1. The lowest BCUT2D eigenvalue weighted by atomic mass is 10.1. The fourth-order valence-corrected chi connectivity index (χ4v) is 2.48. The van der Waals surface area contributed by atoms with E-state index in [0.717, 1.165) is 0 Å². The number of hydrogen-bond donors (Lipinski definition) is 0. The van der Waals surface area contributed by atoms with Crippen molar-refractivity contribution in [3.8, 4) is 5.75 Å². The van der Waals surface area contributed by atoms with Crippen LogP contribution in [0.4, 0.5) is 0 Å². The largest absolute Gasteiger partial charge is 0.480 e. The number of carbonyl (C=O) groups is 2. The highest BCUT2D eigenvalue weighted by Gasteiger charge is 2.26. The zero-order valence-corrected chi connectivity index (χ0v) is 15.3. The van der Waals surface area contributed by atoms with Gasteiger partial charge >= 0.3 is 5.97 Å². The van der Waals surface area contributed by atoms with Gasteiger partial charge in [0.15, 0.2) is 6.61 Å². The molecule has 0 fully saturated rings. The summed E-state index contributed by atoms with van der Waals surface area (Å²) in [5, 5.41) is 0.741. The van der Waals surface area contributed by atoms with Crippen LogP contribution in [0.5, 0.6) is 5.75 Å². The molecule has 2 aromatic rings. The normalized spacial score (nSPS) is 11.5. The third kappa shape index (κ3) is 5.37. The number of nitrogens with zero attached hydrogens (tertiary/aromatic N) is 1. The summed E-state index contributed by atoms with van der Waals surface area (Å²) < 4.78 is 10.7. The summed E-state index contributed by atoms with van der Waals surface area (Å²) in [5.74, 6) is -0.725. The standard InChI is InChI=1S/C18H17Cl2NO4/c1-21(2)18(23)17(12-6-4-3-5-7-12)25-16(22)11-24-15-9-8-13(19)10-14(15)20/h3-10,17H,11H2,1-2H3/t17-/m0/s1. The minimum atomic E-state index is -1.03. The van der Waals surface area contributed by atoms with Crippen LogP contribution in [-0.4, -0.2) is 37.5 Å². The molecule has 0 aliphatic carbocycles. The van der Waals surface area contributed by atoms with E-state index in [1.807, 2.05) is 6.07 Å². The first-order valence-electron chi connectivity index (χ1n) is 7.42. The Labute approximate surface area is 156 Å². The lowest BCUT2D eigenvalue weighted by Crippen LogP contribution is -2.32. The van der Waals surface area contributed by atoms with Crippen molar-refractivity contribution >= 4 is 35.1 Å². The summed E-state index contributed by atoms with van der Waals surface area (Å²) in [5.41, 5.74) is 0.582. The lowest BCUT2D eigenvalue weighted by Gasteiger charge is -2.21. The summed E-state index contributed by atoms with van der Waals surface area (Å²) in [7, 11) is 3.19. The van der Waals surface area contributed by atoms with Crippen molar-refractivity contribution in [2.45, 2.75) is 6.10 Å². The number of benzene rings is 2. The number of ether oxygens (including phenoxy) is 2. The molecule has 0 unspecified atom stereocenters. The molecule has 1 atom stereocenters. The van der Waals surface area contributed by atoms with Gasteiger partial charge in [0.05, 0.1) is 5.02 Å². The van der Waals surface area contributed by atoms with Gasteiger partial charge in [-0.2, -0.15) is 0 Å². The van der Waals surface area contributed by atoms with E-state index in [0.29, 0.717) is 16.3 Å². The number of hydrogen-bond acceptors (Lipinski definition) is 4. The summed E-state index contributed by atoms with van der Waals surface area (Å²) >= 11 is 11.8. The predicted molar refractivity (Wildman–Crippen MR) is 95.9 cm³/mol. The summed E-state index contributed by atoms with van der Waals surface area (Å²) in [6.07, 6.45) is -1.03. The minimum absolute atomic E-state index is 0.282. The van der Waals surface area contributed by atoms with E-state index in [9.17, 15) is 9.59 Å². The van der Waals surface area contributed by atoms with E-state index in [4.69, 9.17) is 32.7 Å². The van der Waals surface area contributed by atoms with E-state index in [-0.39, 0.29) is 17.5 Å². The second-order valence-corrected chi connectivity index (χ2v) is 6.22. The highest BCUT2D eigenvalue weighted by atomic mass is 35.5. The van der Waals surface area contributed by atoms with Crippen LogP contribution in [0.1, 0.15) is 11.7 Å². The van der Waals surface area contributed by atoms with E-state index in [1.54, 1.807) is 50.5 Å². The van der Waals surface area contributed by atoms with Crippen molar-refractivity contribution in [3.63, 3.8) is 0 Å². The zero-order chi connectivity index (χ0) is 18.4. The maximum Gasteiger partial charge on any atom is 0.345 e. The molecule has 7 heteroatoms. The van der Waals surface area contributed by atoms with Gasteiger partial charge in [0.1, 0.15) is 5.75 Å². The molecule has 2 aromatic carbocycles. The van der Waals surface area contributed by atoms with Gasteiger partial charge in [0.2, 0.25) is 6.10 Å². The summed E-state index contributed by atoms with van der Waals surface area (Å²) in [4.78, 5) is 25.8. The molecule has 0 N–H and O–H groups in total. The molecule has 0 bridgehead atoms. The van der Waals surface area contributed by atoms with Gasteiger partial charge in [-0.3, -0.25) is 4.79 Å². The molecule has 2 rings (SSSR count). The number of halogens is 2. The summed E-state index contributed by atoms with van der Waals surface area (Å²) in [6, 6.07) is 13.4. The van der Waals surface area contributed by atoms with E-state index >= 15 is 0 Å². The van der Waals surface area contributed by atoms with Gasteiger partial charge in [0, 0.05) is 24.7 Å². The smallest absolute Gasteiger partial charge is 0.345 e. The van der Waals surface area contributed by atoms with Crippen LogP contribution < -0.4 is 4.74 Å². The molecule has 0 saturated carbocycles. The van der Waals surface area contributed by atoms with Crippen LogP contribution in [0.25, 0.3) is 0 Å². The van der Waals surface area contributed by atoms with Crippen LogP contribution >= 0.6 is 23.2 Å². The predicted octanol–water partition coefficient (Wildman–Crippen LogP) is 3.74. The number of likely N-dealkylation sites (N-methyl/N-ethyl adjacent to an activating group) is 1. The van der Waals surface area contributed by atoms with Crippen molar-refractivity contribution in [1.29, 1.82) is 0 Å². The molecule has 132 valence electrons. The minimum Gasteiger partial charge on any atom is -0.480 e. The highest BCUT2D eigenvalue weighted by molar-refractivity contribution is 6.35. The van der Waals surface area contributed by atoms with Gasteiger partial charge in [-0.25, -0.2) is 4.79 Å². The average molecular weight is 382 g/mol. The Bertz CT molecular complexity index is 750. The Kier molecular flexibility index (Phi) is 6.67. The first-order valence-corrected chi connectivity index (χ1v) is 8.17. The second-order valence-electron chi connectivity index (χ2n) is 5.38. The first kappa shape index (κ1) is 19.1. The number of esters is 1. The van der Waals surface area contributed by atoms with E-state index < -0.39 is 12.1 Å². The van der Waals surface area contributed by atoms with Crippen molar-refractivity contribution in [2.75, 3.05) is 20.7 Å². The Hall–Kier alpha value is -2.24. The van der Waals surface area contributed by atoms with Crippen molar-refractivity contribution < 1.29 is 19.1 Å². The molecule has 0 aromatic heterocycles. The van der Waals surface area contributed by atoms with Crippen LogP contribution in [0, 0.1) is 0 Å². The van der Waals surface area contributed by atoms with Crippen LogP contribution in [0.3, 0.4) is 0 Å². The Morgan fingerprint density at radius 3 is 2.36 bits per heavy atom. The zero-order valence-electron chi connectivity index (χ0n) is 13.7. The van der Waals surface area contributed by atoms with Crippen LogP contribution in [0.15, 0.2) is 48.5 Å². The maximum atomic E-state index is 12.3. The van der Waals surface area contributed by atoms with Crippen molar-refractivity contribution in [2.24, 2.45) is 0 Å². The molecule has 5 nitrogen and oxygen atoms in total. The molecule has 0 saturated heterocycles. The van der Waals surface area contributed by atoms with Crippen LogP contribution in [0.2, 0.25) is 10.0 Å². The van der Waals surface area contributed by atoms with Gasteiger partial charge in [-0.1, -0.05) is 53.5 Å². The molecule has 25 heavy (non-hydrogen) atoms. The monoisotopic (exact) mass is 381 g/mol. The topological polar surface area (TPSA) is 55.8 Å². The van der Waals surface area contributed by atoms with Gasteiger partial charge < -0.3 is 14.4 Å². The van der Waals surface area contributed by atoms with Crippen molar-refractivity contribution in [1.82, 2.24) is 4.90 Å². The number of carbonyl (C=O) groups excluding carboxylic acids is 2. The van der Waals surface area contributed by atoms with Crippen molar-refractivity contribution in [3.05, 3.63) is 64.1 Å². The Morgan fingerprint density at radius 2 is 1.76 bits per heavy atom. The quantitative estimate of drug-likeness (QED) is 0.715. The Balaban J connectivity index is 2.05. The molecular formula is C18H17Cl2NO4. The maximum absolute atomic E-state index is 12.3. The van der Waals surface area contributed by atoms with Crippen LogP contribution in [-0.2, 0) is 14.3 Å². The Morgan fingerprint density at radius 1 is 1.08 bits per heavy atom. The van der Waals surface area contributed by atoms with Gasteiger partial charge in [-0.15, -0.1) is 0 Å². The molecule has 1 amide bonds. The lowest BCUT2D eigenvalue weighted by molar-refractivity contribution is -0.161. The molecular weight excluding hydrogens is 365 g/mol. The third-order valence-electron chi connectivity index (χ3n) is 3.26. The highest BCUT2D eigenvalue weighted by Crippen LogP contribution is 2.27. The number of amides is 1. The first-order chi connectivity index (χ1) is 11.9. The summed E-state index contributed by atoms with van der Waals surface area (Å²) in [6.45, 7) is -0.384. The fourth-order valence-electron chi connectivity index (χ4n) is 2.02. The molecule has 0 aliphatic rings. The fraction of sp³-hybridized carbons (Fsp3) is 0.222. The molecule has 0 heterocycles. The number of rotatable bonds is 6. The van der Waals surface area contributed by atoms with Gasteiger partial charge in [-0.05, 0) is 18.2 Å². The molecule has 0 spiro atoms. The second kappa shape index (κ2) is 8.74. The van der Waals surface area contributed by atoms with Gasteiger partial charge in [0.25, 0.3) is 5.91 Å². The molecule has 0 radical (unpaired) electrons. The average Bonchev–Trinajstić information content (AvgIpc) is 2.59. The molecule has 0 aliphatic heterocycles.